The molecule has 1 aliphatic rings. The molecule has 26 heavy (non-hydrogen) atoms. The molecule has 7 heteroatoms. The Labute approximate surface area is 166 Å². The lowest BCUT2D eigenvalue weighted by molar-refractivity contribution is -0.137. The van der Waals surface area contributed by atoms with Gasteiger partial charge in [0, 0.05) is 17.9 Å². The molecule has 1 aliphatic carbocycles. The predicted octanol–water partition coefficient (Wildman–Crippen LogP) is 3.75. The summed E-state index contributed by atoms with van der Waals surface area (Å²) in [7, 11) is 1.39. The Morgan fingerprint density at radius 2 is 2.00 bits per heavy atom. The monoisotopic (exact) mass is 400 g/mol. The van der Waals surface area contributed by atoms with Gasteiger partial charge in [0.05, 0.1) is 12.9 Å². The molecule has 0 unspecified atom stereocenters. The number of rotatable bonds is 8. The Balaban J connectivity index is 0.00000338. The van der Waals surface area contributed by atoms with Gasteiger partial charge >= 0.3 is 5.97 Å². The maximum Gasteiger partial charge on any atom is 0.315 e. The van der Waals surface area contributed by atoms with E-state index in [1.807, 2.05) is 24.3 Å². The van der Waals surface area contributed by atoms with E-state index >= 15 is 0 Å². The van der Waals surface area contributed by atoms with Gasteiger partial charge in [-0.1, -0.05) is 31.4 Å². The number of benzene rings is 1. The van der Waals surface area contributed by atoms with Crippen LogP contribution < -0.4 is 11.1 Å². The second-order valence-corrected chi connectivity index (χ2v) is 7.74. The zero-order chi connectivity index (χ0) is 18.1. The van der Waals surface area contributed by atoms with Crippen molar-refractivity contribution in [3.05, 3.63) is 29.8 Å². The first-order valence-corrected chi connectivity index (χ1v) is 9.96. The zero-order valence-electron chi connectivity index (χ0n) is 15.3. The van der Waals surface area contributed by atoms with E-state index in [0.29, 0.717) is 24.5 Å². The van der Waals surface area contributed by atoms with Crippen LogP contribution in [-0.2, 0) is 20.1 Å². The highest BCUT2D eigenvalue weighted by Gasteiger charge is 2.32. The minimum atomic E-state index is -0.228. The van der Waals surface area contributed by atoms with Crippen LogP contribution >= 0.6 is 24.2 Å². The Hall–Kier alpha value is -1.24. The molecule has 0 aromatic heterocycles. The lowest BCUT2D eigenvalue weighted by atomic mass is 9.71. The van der Waals surface area contributed by atoms with Crippen LogP contribution in [0.15, 0.2) is 24.3 Å². The van der Waals surface area contributed by atoms with Crippen LogP contribution in [0.1, 0.15) is 44.1 Å². The first-order valence-electron chi connectivity index (χ1n) is 8.80. The molecule has 0 atom stereocenters. The molecule has 5 nitrogen and oxygen atoms in total. The molecule has 1 fully saturated rings. The highest BCUT2D eigenvalue weighted by Crippen LogP contribution is 2.38. The van der Waals surface area contributed by atoms with E-state index in [4.69, 9.17) is 5.73 Å². The first-order chi connectivity index (χ1) is 12.1. The zero-order valence-corrected chi connectivity index (χ0v) is 16.9. The predicted molar refractivity (Wildman–Crippen MR) is 110 cm³/mol. The van der Waals surface area contributed by atoms with E-state index in [2.05, 4.69) is 10.1 Å². The summed E-state index contributed by atoms with van der Waals surface area (Å²) in [5.74, 6) is 0.832. The van der Waals surface area contributed by atoms with E-state index < -0.39 is 0 Å². The summed E-state index contributed by atoms with van der Waals surface area (Å²) in [6.07, 6.45) is 6.15. The SMILES string of the molecule is COC(=O)CSCc1cccc(NC(=O)CC2(CN)CCCCC2)c1.Cl. The number of carbonyl (C=O) groups is 2. The Bertz CT molecular complexity index is 592. The maximum absolute atomic E-state index is 12.5. The third-order valence-electron chi connectivity index (χ3n) is 4.81. The molecule has 3 N–H and O–H groups in total. The maximum atomic E-state index is 12.5. The molecular weight excluding hydrogens is 372 g/mol. The fourth-order valence-corrected chi connectivity index (χ4v) is 4.15. The van der Waals surface area contributed by atoms with Gasteiger partial charge in [0.15, 0.2) is 0 Å². The van der Waals surface area contributed by atoms with Crippen LogP contribution in [0.25, 0.3) is 0 Å². The molecule has 0 radical (unpaired) electrons. The smallest absolute Gasteiger partial charge is 0.315 e. The fraction of sp³-hybridized carbons (Fsp3) is 0.579. The van der Waals surface area contributed by atoms with Gasteiger partial charge in [-0.3, -0.25) is 9.59 Å². The second kappa shape index (κ2) is 11.5. The van der Waals surface area contributed by atoms with E-state index in [-0.39, 0.29) is 29.7 Å². The molecular formula is C19H29ClN2O3S. The fourth-order valence-electron chi connectivity index (χ4n) is 3.35. The molecule has 0 heterocycles. The summed E-state index contributed by atoms with van der Waals surface area (Å²) in [4.78, 5) is 23.6. The Morgan fingerprint density at radius 3 is 2.65 bits per heavy atom. The van der Waals surface area contributed by atoms with Gasteiger partial charge in [0.25, 0.3) is 0 Å². The average Bonchev–Trinajstić information content (AvgIpc) is 2.62. The third-order valence-corrected chi connectivity index (χ3v) is 5.79. The highest BCUT2D eigenvalue weighted by atomic mass is 35.5. The quantitative estimate of drug-likeness (QED) is 0.649. The molecule has 0 aliphatic heterocycles. The van der Waals surface area contributed by atoms with Gasteiger partial charge in [-0.25, -0.2) is 0 Å². The van der Waals surface area contributed by atoms with Crippen LogP contribution in [0.5, 0.6) is 0 Å². The van der Waals surface area contributed by atoms with E-state index in [9.17, 15) is 9.59 Å². The number of thioether (sulfide) groups is 1. The lowest BCUT2D eigenvalue weighted by Crippen LogP contribution is -2.36. The minimum Gasteiger partial charge on any atom is -0.468 e. The number of ether oxygens (including phenoxy) is 1. The normalized spacial score (nSPS) is 15.6. The molecule has 2 rings (SSSR count). The number of halogens is 1. The van der Waals surface area contributed by atoms with Gasteiger partial charge < -0.3 is 15.8 Å². The van der Waals surface area contributed by atoms with E-state index in [1.54, 1.807) is 0 Å². The third kappa shape index (κ3) is 7.17. The summed E-state index contributed by atoms with van der Waals surface area (Å²) in [5.41, 5.74) is 7.81. The molecule has 1 aromatic rings. The molecule has 1 aromatic carbocycles. The number of hydrogen-bond acceptors (Lipinski definition) is 5. The summed E-state index contributed by atoms with van der Waals surface area (Å²) >= 11 is 1.49. The van der Waals surface area contributed by atoms with Gasteiger partial charge in [0.1, 0.15) is 0 Å². The number of amides is 1. The van der Waals surface area contributed by atoms with Crippen molar-refractivity contribution in [2.45, 2.75) is 44.3 Å². The number of nitrogens with two attached hydrogens (primary N) is 1. The highest BCUT2D eigenvalue weighted by molar-refractivity contribution is 7.99. The van der Waals surface area contributed by atoms with Gasteiger partial charge in [-0.05, 0) is 42.5 Å². The van der Waals surface area contributed by atoms with Crippen molar-refractivity contribution in [1.82, 2.24) is 0 Å². The summed E-state index contributed by atoms with van der Waals surface area (Å²) in [6.45, 7) is 0.574. The van der Waals surface area contributed by atoms with Gasteiger partial charge in [0.2, 0.25) is 5.91 Å². The summed E-state index contributed by atoms with van der Waals surface area (Å²) in [6, 6.07) is 7.76. The number of esters is 1. The number of nitrogens with one attached hydrogen (secondary N) is 1. The first kappa shape index (κ1) is 22.8. The topological polar surface area (TPSA) is 81.4 Å². The van der Waals surface area contributed by atoms with Crippen molar-refractivity contribution in [2.24, 2.45) is 11.1 Å². The molecule has 146 valence electrons. The van der Waals surface area contributed by atoms with Crippen LogP contribution in [0.3, 0.4) is 0 Å². The van der Waals surface area contributed by atoms with Crippen LogP contribution in [0, 0.1) is 5.41 Å². The van der Waals surface area contributed by atoms with Crippen molar-refractivity contribution >= 4 is 41.7 Å². The van der Waals surface area contributed by atoms with Crippen LogP contribution in [0.2, 0.25) is 0 Å². The number of hydrogen-bond donors (Lipinski definition) is 2. The summed E-state index contributed by atoms with van der Waals surface area (Å²) in [5, 5.41) is 3.00. The molecule has 1 saturated carbocycles. The van der Waals surface area contributed by atoms with Crippen molar-refractivity contribution in [3.63, 3.8) is 0 Å². The largest absolute Gasteiger partial charge is 0.468 e. The van der Waals surface area contributed by atoms with Crippen molar-refractivity contribution in [2.75, 3.05) is 24.7 Å². The average molecular weight is 401 g/mol. The van der Waals surface area contributed by atoms with E-state index in [0.717, 1.165) is 36.9 Å². The standard InChI is InChI=1S/C19H28N2O3S.ClH/c1-24-18(23)13-25-12-15-6-5-7-16(10-15)21-17(22)11-19(14-20)8-3-2-4-9-19;/h5-7,10H,2-4,8-9,11-14,20H2,1H3,(H,21,22);1H. The minimum absolute atomic E-state index is 0. The van der Waals surface area contributed by atoms with Gasteiger partial charge in [-0.2, -0.15) is 0 Å². The summed E-state index contributed by atoms with van der Waals surface area (Å²) < 4.78 is 4.63. The van der Waals surface area contributed by atoms with Gasteiger partial charge in [-0.15, -0.1) is 24.2 Å². The number of carbonyl (C=O) groups excluding carboxylic acids is 2. The lowest BCUT2D eigenvalue weighted by Gasteiger charge is -2.35. The van der Waals surface area contributed by atoms with E-state index in [1.165, 1.54) is 25.3 Å². The molecule has 0 spiro atoms. The van der Waals surface area contributed by atoms with Crippen LogP contribution in [0.4, 0.5) is 5.69 Å². The van der Waals surface area contributed by atoms with Crippen molar-refractivity contribution < 1.29 is 14.3 Å². The Kier molecular flexibility index (Phi) is 10.1. The molecule has 0 saturated heterocycles. The Morgan fingerprint density at radius 1 is 1.27 bits per heavy atom. The number of anilines is 1. The second-order valence-electron chi connectivity index (χ2n) is 6.76. The van der Waals surface area contributed by atoms with Crippen molar-refractivity contribution in [3.8, 4) is 0 Å². The number of methoxy groups -OCH3 is 1. The van der Waals surface area contributed by atoms with Crippen molar-refractivity contribution in [1.29, 1.82) is 0 Å². The molecule has 0 bridgehead atoms. The van der Waals surface area contributed by atoms with Crippen LogP contribution in [-0.4, -0.2) is 31.3 Å². The molecule has 1 amide bonds.